The standard InChI is InChI=1S/2C23H19.C12H7Si.Zr/c2*1-2-17-9-6-7-13-21(17)22-14-8-12-19-15-20(16-23(19)22)18-10-4-3-5-11-18;1-3-7-11-9(5-1)10-6-2-4-8-12(10)13-11;/h2*3-16H,2H2,1H3;1-7H;/q3*-1;+3. The normalized spacial score (nSPS) is 11.1. The Hall–Kier alpha value is -5.92. The summed E-state index contributed by atoms with van der Waals surface area (Å²) in [7, 11) is 0.795. The van der Waals surface area contributed by atoms with Gasteiger partial charge in [0.05, 0.1) is 9.52 Å². The summed E-state index contributed by atoms with van der Waals surface area (Å²) in [6, 6.07) is 79.3. The van der Waals surface area contributed by atoms with E-state index in [-0.39, 0.29) is 26.2 Å². The van der Waals surface area contributed by atoms with E-state index >= 15 is 0 Å². The molecular formula is C58H45SiZr. The van der Waals surface area contributed by atoms with Crippen molar-refractivity contribution >= 4 is 41.4 Å². The maximum Gasteiger partial charge on any atom is 3.00 e. The minimum Gasteiger partial charge on any atom is -0.184 e. The second-order valence-corrected chi connectivity index (χ2v) is 16.3. The van der Waals surface area contributed by atoms with Gasteiger partial charge in [0.1, 0.15) is 0 Å². The second kappa shape index (κ2) is 19.0. The quantitative estimate of drug-likeness (QED) is 0.115. The predicted molar refractivity (Wildman–Crippen MR) is 255 cm³/mol. The summed E-state index contributed by atoms with van der Waals surface area (Å²) in [5, 5.41) is 8.13. The molecule has 2 heteroatoms. The zero-order chi connectivity index (χ0) is 40.0. The molecular weight excluding hydrogens is 816 g/mol. The van der Waals surface area contributed by atoms with E-state index in [0.717, 1.165) is 22.4 Å². The SMILES string of the molecule is CCc1ccccc1-c1cccc2[cH-]c(-c3ccccc3)cc12.CCc1ccccc1-c1cccc2[cH-]c(-c3ccccc3)cc12.[Zr+3].[c-]1cccc2c1[Si]c1ccccc1-2. The van der Waals surface area contributed by atoms with Gasteiger partial charge in [-0.1, -0.05) is 205 Å². The molecule has 0 nitrogen and oxygen atoms in total. The van der Waals surface area contributed by atoms with Gasteiger partial charge in [-0.15, -0.1) is 74.6 Å². The zero-order valence-corrected chi connectivity index (χ0v) is 37.6. The van der Waals surface area contributed by atoms with Crippen LogP contribution in [0.4, 0.5) is 0 Å². The van der Waals surface area contributed by atoms with Gasteiger partial charge in [-0.25, -0.2) is 0 Å². The summed E-state index contributed by atoms with van der Waals surface area (Å²) >= 11 is 0. The van der Waals surface area contributed by atoms with Crippen LogP contribution in [0.2, 0.25) is 0 Å². The van der Waals surface area contributed by atoms with E-state index in [2.05, 4.69) is 226 Å². The van der Waals surface area contributed by atoms with Crippen LogP contribution in [0.25, 0.3) is 77.2 Å². The van der Waals surface area contributed by atoms with E-state index in [1.165, 1.54) is 98.7 Å². The largest absolute Gasteiger partial charge is 3.00 e. The molecule has 11 rings (SSSR count). The maximum atomic E-state index is 3.31. The number of rotatable bonds is 6. The van der Waals surface area contributed by atoms with E-state index in [9.17, 15) is 0 Å². The van der Waals surface area contributed by atoms with E-state index in [0.29, 0.717) is 0 Å². The van der Waals surface area contributed by atoms with Crippen LogP contribution >= 0.6 is 0 Å². The van der Waals surface area contributed by atoms with Crippen molar-refractivity contribution in [3.8, 4) is 55.6 Å². The Balaban J connectivity index is 0.000000128. The van der Waals surface area contributed by atoms with Gasteiger partial charge < -0.3 is 0 Å². The molecule has 0 unspecified atom stereocenters. The molecule has 1 heterocycles. The molecule has 10 aromatic carbocycles. The van der Waals surface area contributed by atoms with Crippen LogP contribution in [0.1, 0.15) is 25.0 Å². The number of hydrogen-bond donors (Lipinski definition) is 0. The Morgan fingerprint density at radius 1 is 0.417 bits per heavy atom. The van der Waals surface area contributed by atoms with Crippen LogP contribution in [0, 0.1) is 6.07 Å². The molecule has 0 fully saturated rings. The van der Waals surface area contributed by atoms with Crippen molar-refractivity contribution in [3.05, 3.63) is 230 Å². The first-order chi connectivity index (χ1) is 29.2. The van der Waals surface area contributed by atoms with Gasteiger partial charge >= 0.3 is 26.2 Å². The molecule has 3 radical (unpaired) electrons. The van der Waals surface area contributed by atoms with Crippen molar-refractivity contribution < 1.29 is 26.2 Å². The van der Waals surface area contributed by atoms with E-state index in [1.54, 1.807) is 0 Å². The minimum absolute atomic E-state index is 0. The van der Waals surface area contributed by atoms with Crippen LogP contribution < -0.4 is 10.4 Å². The van der Waals surface area contributed by atoms with Crippen molar-refractivity contribution in [2.24, 2.45) is 0 Å². The summed E-state index contributed by atoms with van der Waals surface area (Å²) in [4.78, 5) is 0. The van der Waals surface area contributed by atoms with Crippen LogP contribution in [0.3, 0.4) is 0 Å². The van der Waals surface area contributed by atoms with Gasteiger partial charge in [0.15, 0.2) is 0 Å². The third-order valence-corrected chi connectivity index (χ3v) is 12.8. The third-order valence-electron chi connectivity index (χ3n) is 11.4. The minimum atomic E-state index is 0. The molecule has 1 aliphatic heterocycles. The van der Waals surface area contributed by atoms with Crippen molar-refractivity contribution in [1.82, 2.24) is 0 Å². The Labute approximate surface area is 376 Å². The molecule has 0 saturated carbocycles. The van der Waals surface area contributed by atoms with Crippen LogP contribution in [-0.2, 0) is 39.0 Å². The molecule has 1 aliphatic rings. The van der Waals surface area contributed by atoms with Crippen molar-refractivity contribution in [2.75, 3.05) is 0 Å². The maximum absolute atomic E-state index is 3.31. The Bertz CT molecular complexity index is 2780. The molecule has 10 aromatic rings. The van der Waals surface area contributed by atoms with Crippen LogP contribution in [0.15, 0.2) is 212 Å². The Morgan fingerprint density at radius 3 is 1.37 bits per heavy atom. The molecule has 0 saturated heterocycles. The van der Waals surface area contributed by atoms with Crippen molar-refractivity contribution in [3.63, 3.8) is 0 Å². The number of benzene rings is 8. The van der Waals surface area contributed by atoms with Crippen molar-refractivity contribution in [1.29, 1.82) is 0 Å². The Kier molecular flexibility index (Phi) is 12.9. The molecule has 60 heavy (non-hydrogen) atoms. The molecule has 0 N–H and O–H groups in total. The first-order valence-corrected chi connectivity index (χ1v) is 21.7. The average Bonchev–Trinajstić information content (AvgIpc) is 4.06. The second-order valence-electron chi connectivity index (χ2n) is 15.0. The first-order valence-electron chi connectivity index (χ1n) is 20.7. The van der Waals surface area contributed by atoms with Gasteiger partial charge in [-0.2, -0.15) is 29.5 Å². The number of fused-ring (bicyclic) bond motifs is 5. The topological polar surface area (TPSA) is 0 Å². The summed E-state index contributed by atoms with van der Waals surface area (Å²) in [5.41, 5.74) is 16.1. The summed E-state index contributed by atoms with van der Waals surface area (Å²) in [5.74, 6) is 0. The molecule has 0 spiro atoms. The number of aryl methyl sites for hydroxylation is 2. The Morgan fingerprint density at radius 2 is 0.850 bits per heavy atom. The molecule has 285 valence electrons. The molecule has 0 atom stereocenters. The molecule has 0 amide bonds. The third kappa shape index (κ3) is 8.55. The van der Waals surface area contributed by atoms with Crippen molar-refractivity contribution in [2.45, 2.75) is 26.7 Å². The van der Waals surface area contributed by atoms with E-state index in [4.69, 9.17) is 0 Å². The average molecular weight is 861 g/mol. The molecule has 0 bridgehead atoms. The molecule has 0 aliphatic carbocycles. The summed E-state index contributed by atoms with van der Waals surface area (Å²) < 4.78 is 0. The van der Waals surface area contributed by atoms with E-state index < -0.39 is 0 Å². The summed E-state index contributed by atoms with van der Waals surface area (Å²) in [6.07, 6.45) is 2.11. The van der Waals surface area contributed by atoms with Gasteiger partial charge in [0, 0.05) is 0 Å². The monoisotopic (exact) mass is 859 g/mol. The first kappa shape index (κ1) is 40.8. The predicted octanol–water partition coefficient (Wildman–Crippen LogP) is 14.0. The summed E-state index contributed by atoms with van der Waals surface area (Å²) in [6.45, 7) is 4.44. The van der Waals surface area contributed by atoms with Gasteiger partial charge in [-0.3, -0.25) is 0 Å². The van der Waals surface area contributed by atoms with Gasteiger partial charge in [0.2, 0.25) is 0 Å². The fraction of sp³-hybridized carbons (Fsp3) is 0.0690. The number of hydrogen-bond acceptors (Lipinski definition) is 0. The van der Waals surface area contributed by atoms with Crippen LogP contribution in [-0.4, -0.2) is 9.52 Å². The smallest absolute Gasteiger partial charge is 0.184 e. The fourth-order valence-corrected chi connectivity index (χ4v) is 9.75. The zero-order valence-electron chi connectivity index (χ0n) is 34.1. The van der Waals surface area contributed by atoms with Gasteiger partial charge in [-0.05, 0) is 35.1 Å². The fourth-order valence-electron chi connectivity index (χ4n) is 8.44. The van der Waals surface area contributed by atoms with Crippen LogP contribution in [0.5, 0.6) is 0 Å². The van der Waals surface area contributed by atoms with E-state index in [1.807, 2.05) is 6.07 Å². The molecule has 0 aromatic heterocycles. The van der Waals surface area contributed by atoms with Gasteiger partial charge in [0.25, 0.3) is 0 Å².